The van der Waals surface area contributed by atoms with Gasteiger partial charge >= 0.3 is 0 Å². The lowest BCUT2D eigenvalue weighted by atomic mass is 10.0. The molecule has 34 heavy (non-hydrogen) atoms. The summed E-state index contributed by atoms with van der Waals surface area (Å²) >= 11 is 0. The van der Waals surface area contributed by atoms with E-state index in [1.54, 1.807) is 0 Å². The van der Waals surface area contributed by atoms with Crippen LogP contribution in [0.15, 0.2) is 0 Å². The van der Waals surface area contributed by atoms with Gasteiger partial charge in [0.2, 0.25) is 0 Å². The molecule has 1 heteroatoms. The van der Waals surface area contributed by atoms with Crippen molar-refractivity contribution in [2.45, 2.75) is 206 Å². The van der Waals surface area contributed by atoms with E-state index in [-0.39, 0.29) is 0 Å². The van der Waals surface area contributed by atoms with Gasteiger partial charge in [0.25, 0.3) is 0 Å². The first kappa shape index (κ1) is 33.7. The monoisotopic (exact) mass is 479 g/mol. The second kappa shape index (κ2) is 30.7. The van der Waals surface area contributed by atoms with Crippen LogP contribution in [-0.4, -0.2) is 5.78 Å². The van der Waals surface area contributed by atoms with Gasteiger partial charge in [-0.3, -0.25) is 4.79 Å². The maximum atomic E-state index is 12.1. The van der Waals surface area contributed by atoms with E-state index in [2.05, 4.69) is 13.8 Å². The van der Waals surface area contributed by atoms with Crippen LogP contribution in [0, 0.1) is 0 Å². The first-order valence-corrected chi connectivity index (χ1v) is 16.3. The standard InChI is InChI=1S/C33H66O/c1-3-5-7-9-11-13-15-17-19-21-23-25-27-29-31-33(34)32-30-28-26-24-22-20-18-16-14-12-10-8-6-4-2/h3-32H2,1-2H3. The molecule has 0 amide bonds. The maximum Gasteiger partial charge on any atom is 0.132 e. The van der Waals surface area contributed by atoms with Crippen molar-refractivity contribution in [3.05, 3.63) is 0 Å². The number of carbonyl (C=O) groups excluding carboxylic acids is 1. The number of hydrogen-bond donors (Lipinski definition) is 0. The number of ketones is 1. The normalized spacial score (nSPS) is 11.4. The molecule has 0 saturated carbocycles. The zero-order valence-electron chi connectivity index (χ0n) is 24.1. The van der Waals surface area contributed by atoms with Gasteiger partial charge in [0.05, 0.1) is 0 Å². The third-order valence-corrected chi connectivity index (χ3v) is 7.62. The Bertz CT molecular complexity index is 341. The number of Topliss-reactive ketones (excluding diaryl/α,β-unsaturated/α-hetero) is 1. The van der Waals surface area contributed by atoms with Gasteiger partial charge in [0, 0.05) is 12.8 Å². The molecule has 0 aliphatic carbocycles. The average Bonchev–Trinajstić information content (AvgIpc) is 2.84. The lowest BCUT2D eigenvalue weighted by Crippen LogP contribution is -1.97. The van der Waals surface area contributed by atoms with Crippen LogP contribution in [0.2, 0.25) is 0 Å². The van der Waals surface area contributed by atoms with E-state index in [1.165, 1.54) is 167 Å². The predicted octanol–water partition coefficient (Wildman–Crippen LogP) is 12.3. The average molecular weight is 479 g/mol. The SMILES string of the molecule is CCCCCCCCCCCCCCCCC(=O)CCCCCCCCCCCCCCCC. The molecule has 0 rings (SSSR count). The van der Waals surface area contributed by atoms with E-state index < -0.39 is 0 Å². The highest BCUT2D eigenvalue weighted by Gasteiger charge is 2.02. The summed E-state index contributed by atoms with van der Waals surface area (Å²) in [4.78, 5) is 12.1. The van der Waals surface area contributed by atoms with Gasteiger partial charge in [-0.25, -0.2) is 0 Å². The molecule has 204 valence electrons. The summed E-state index contributed by atoms with van der Waals surface area (Å²) in [6.07, 6.45) is 40.5. The molecule has 0 fully saturated rings. The number of carbonyl (C=O) groups is 1. The molecule has 0 radical (unpaired) electrons. The molecule has 0 bridgehead atoms. The van der Waals surface area contributed by atoms with Crippen LogP contribution in [0.3, 0.4) is 0 Å². The molecule has 0 spiro atoms. The Morgan fingerprint density at radius 1 is 0.294 bits per heavy atom. The summed E-state index contributed by atoms with van der Waals surface area (Å²) in [5.74, 6) is 0.526. The van der Waals surface area contributed by atoms with Crippen molar-refractivity contribution in [3.8, 4) is 0 Å². The van der Waals surface area contributed by atoms with Crippen LogP contribution in [0.1, 0.15) is 206 Å². The minimum atomic E-state index is 0.526. The van der Waals surface area contributed by atoms with Crippen molar-refractivity contribution in [1.82, 2.24) is 0 Å². The van der Waals surface area contributed by atoms with Gasteiger partial charge in [0.1, 0.15) is 5.78 Å². The van der Waals surface area contributed by atoms with Crippen LogP contribution in [0.25, 0.3) is 0 Å². The molecular formula is C33H66O. The summed E-state index contributed by atoms with van der Waals surface area (Å²) in [6.45, 7) is 4.58. The van der Waals surface area contributed by atoms with Crippen LogP contribution >= 0.6 is 0 Å². The highest BCUT2D eigenvalue weighted by Crippen LogP contribution is 2.15. The molecule has 0 atom stereocenters. The van der Waals surface area contributed by atoms with Crippen LogP contribution in [0.5, 0.6) is 0 Å². The fourth-order valence-electron chi connectivity index (χ4n) is 5.16. The summed E-state index contributed by atoms with van der Waals surface area (Å²) in [6, 6.07) is 0. The first-order valence-electron chi connectivity index (χ1n) is 16.3. The van der Waals surface area contributed by atoms with Gasteiger partial charge in [-0.1, -0.05) is 181 Å². The molecule has 0 aliphatic heterocycles. The molecule has 0 aromatic carbocycles. The fourth-order valence-corrected chi connectivity index (χ4v) is 5.16. The summed E-state index contributed by atoms with van der Waals surface area (Å²) in [5, 5.41) is 0. The van der Waals surface area contributed by atoms with E-state index in [0.717, 1.165) is 25.7 Å². The van der Waals surface area contributed by atoms with Crippen LogP contribution < -0.4 is 0 Å². The highest BCUT2D eigenvalue weighted by atomic mass is 16.1. The fraction of sp³-hybridized carbons (Fsp3) is 0.970. The van der Waals surface area contributed by atoms with Crippen molar-refractivity contribution >= 4 is 5.78 Å². The van der Waals surface area contributed by atoms with Crippen molar-refractivity contribution in [1.29, 1.82) is 0 Å². The third-order valence-electron chi connectivity index (χ3n) is 7.62. The second-order valence-electron chi connectivity index (χ2n) is 11.2. The summed E-state index contributed by atoms with van der Waals surface area (Å²) in [5.41, 5.74) is 0. The van der Waals surface area contributed by atoms with Gasteiger partial charge in [0.15, 0.2) is 0 Å². The van der Waals surface area contributed by atoms with E-state index in [4.69, 9.17) is 0 Å². The van der Waals surface area contributed by atoms with Gasteiger partial charge in [-0.15, -0.1) is 0 Å². The quantitative estimate of drug-likeness (QED) is 0.0938. The molecule has 0 unspecified atom stereocenters. The second-order valence-corrected chi connectivity index (χ2v) is 11.2. The van der Waals surface area contributed by atoms with E-state index in [0.29, 0.717) is 5.78 Å². The Morgan fingerprint density at radius 2 is 0.471 bits per heavy atom. The Morgan fingerprint density at radius 3 is 0.676 bits per heavy atom. The van der Waals surface area contributed by atoms with Crippen LogP contribution in [0.4, 0.5) is 0 Å². The Hall–Kier alpha value is -0.330. The van der Waals surface area contributed by atoms with E-state index >= 15 is 0 Å². The van der Waals surface area contributed by atoms with Crippen molar-refractivity contribution in [2.75, 3.05) is 0 Å². The van der Waals surface area contributed by atoms with Crippen molar-refractivity contribution in [2.24, 2.45) is 0 Å². The first-order chi connectivity index (χ1) is 16.8. The third kappa shape index (κ3) is 29.7. The molecule has 0 aliphatic rings. The smallest absolute Gasteiger partial charge is 0.132 e. The molecule has 0 heterocycles. The lowest BCUT2D eigenvalue weighted by molar-refractivity contribution is -0.119. The van der Waals surface area contributed by atoms with E-state index in [9.17, 15) is 4.79 Å². The van der Waals surface area contributed by atoms with Gasteiger partial charge < -0.3 is 0 Å². The lowest BCUT2D eigenvalue weighted by Gasteiger charge is -2.04. The minimum absolute atomic E-state index is 0.526. The number of hydrogen-bond acceptors (Lipinski definition) is 1. The molecule has 1 nitrogen and oxygen atoms in total. The number of unbranched alkanes of at least 4 members (excludes halogenated alkanes) is 26. The van der Waals surface area contributed by atoms with Crippen molar-refractivity contribution < 1.29 is 4.79 Å². The number of rotatable bonds is 30. The summed E-state index contributed by atoms with van der Waals surface area (Å²) in [7, 11) is 0. The summed E-state index contributed by atoms with van der Waals surface area (Å²) < 4.78 is 0. The van der Waals surface area contributed by atoms with Gasteiger partial charge in [-0.2, -0.15) is 0 Å². The maximum absolute atomic E-state index is 12.1. The molecule has 0 aromatic rings. The highest BCUT2D eigenvalue weighted by molar-refractivity contribution is 5.78. The zero-order chi connectivity index (χ0) is 24.8. The molecule has 0 aromatic heterocycles. The minimum Gasteiger partial charge on any atom is -0.300 e. The Balaban J connectivity index is 3.14. The van der Waals surface area contributed by atoms with Crippen LogP contribution in [-0.2, 0) is 4.79 Å². The molecular weight excluding hydrogens is 412 g/mol. The Labute approximate surface area is 217 Å². The predicted molar refractivity (Wildman–Crippen MR) is 155 cm³/mol. The topological polar surface area (TPSA) is 17.1 Å². The van der Waals surface area contributed by atoms with Gasteiger partial charge in [-0.05, 0) is 12.8 Å². The molecule has 0 saturated heterocycles. The molecule has 0 N–H and O–H groups in total. The largest absolute Gasteiger partial charge is 0.300 e. The van der Waals surface area contributed by atoms with E-state index in [1.807, 2.05) is 0 Å². The Kier molecular flexibility index (Phi) is 30.4. The zero-order valence-corrected chi connectivity index (χ0v) is 24.1. The van der Waals surface area contributed by atoms with Crippen molar-refractivity contribution in [3.63, 3.8) is 0 Å².